The lowest BCUT2D eigenvalue weighted by Crippen LogP contribution is -2.49. The van der Waals surface area contributed by atoms with Crippen molar-refractivity contribution in [3.05, 3.63) is 0 Å². The van der Waals surface area contributed by atoms with E-state index < -0.39 is 29.4 Å². The number of rotatable bonds is 5. The quantitative estimate of drug-likeness (QED) is 0.591. The molecule has 1 rings (SSSR count). The second-order valence-corrected chi connectivity index (χ2v) is 5.09. The van der Waals surface area contributed by atoms with E-state index in [4.69, 9.17) is 5.11 Å². The first-order chi connectivity index (χ1) is 9.21. The molecule has 20 heavy (non-hydrogen) atoms. The minimum absolute atomic E-state index is 0.0602. The van der Waals surface area contributed by atoms with Gasteiger partial charge in [-0.1, -0.05) is 6.92 Å². The van der Waals surface area contributed by atoms with E-state index >= 15 is 0 Å². The van der Waals surface area contributed by atoms with E-state index in [2.05, 4.69) is 10.6 Å². The lowest BCUT2D eigenvalue weighted by molar-refractivity contribution is -0.147. The summed E-state index contributed by atoms with van der Waals surface area (Å²) in [5, 5.41) is 13.9. The molecular formula is C12H19N3O5. The minimum Gasteiger partial charge on any atom is -0.481 e. The maximum atomic E-state index is 11.6. The zero-order valence-electron chi connectivity index (χ0n) is 11.7. The molecule has 1 heterocycles. The molecule has 1 aliphatic heterocycles. The molecule has 0 aromatic heterocycles. The van der Waals surface area contributed by atoms with Gasteiger partial charge in [-0.25, -0.2) is 4.79 Å². The zero-order valence-corrected chi connectivity index (χ0v) is 11.7. The highest BCUT2D eigenvalue weighted by atomic mass is 16.4. The van der Waals surface area contributed by atoms with E-state index in [1.807, 2.05) is 0 Å². The van der Waals surface area contributed by atoms with Gasteiger partial charge in [0, 0.05) is 13.6 Å². The third-order valence-corrected chi connectivity index (χ3v) is 3.62. The van der Waals surface area contributed by atoms with Crippen LogP contribution in [0.15, 0.2) is 0 Å². The van der Waals surface area contributed by atoms with Gasteiger partial charge in [0.2, 0.25) is 5.91 Å². The van der Waals surface area contributed by atoms with Gasteiger partial charge >= 0.3 is 12.0 Å². The number of urea groups is 1. The Bertz CT molecular complexity index is 450. The molecular weight excluding hydrogens is 266 g/mol. The van der Waals surface area contributed by atoms with Crippen molar-refractivity contribution in [3.63, 3.8) is 0 Å². The van der Waals surface area contributed by atoms with Gasteiger partial charge in [-0.2, -0.15) is 0 Å². The zero-order chi connectivity index (χ0) is 15.5. The molecule has 0 aromatic rings. The van der Waals surface area contributed by atoms with Crippen LogP contribution in [0.4, 0.5) is 4.79 Å². The average Bonchev–Trinajstić information content (AvgIpc) is 2.63. The summed E-state index contributed by atoms with van der Waals surface area (Å²) < 4.78 is 0. The first-order valence-corrected chi connectivity index (χ1v) is 6.29. The number of likely N-dealkylation sites (N-methyl/N-ethyl adjacent to an activating group) is 1. The van der Waals surface area contributed by atoms with Crippen molar-refractivity contribution >= 4 is 23.8 Å². The fourth-order valence-electron chi connectivity index (χ4n) is 1.70. The Labute approximate surface area is 116 Å². The first-order valence-electron chi connectivity index (χ1n) is 6.29. The number of aliphatic carboxylic acids is 1. The van der Waals surface area contributed by atoms with Crippen molar-refractivity contribution in [3.8, 4) is 0 Å². The number of nitrogens with zero attached hydrogens (tertiary/aromatic N) is 1. The molecule has 0 saturated carbocycles. The van der Waals surface area contributed by atoms with Crippen molar-refractivity contribution in [1.82, 2.24) is 15.5 Å². The number of nitrogens with one attached hydrogen (secondary N) is 2. The predicted molar refractivity (Wildman–Crippen MR) is 68.8 cm³/mol. The molecule has 1 aliphatic rings. The van der Waals surface area contributed by atoms with E-state index in [1.54, 1.807) is 6.92 Å². The fourth-order valence-corrected chi connectivity index (χ4v) is 1.70. The van der Waals surface area contributed by atoms with Crippen molar-refractivity contribution in [2.75, 3.05) is 13.6 Å². The number of hydrogen-bond acceptors (Lipinski definition) is 4. The molecule has 0 aromatic carbocycles. The first kappa shape index (κ1) is 15.9. The van der Waals surface area contributed by atoms with E-state index in [9.17, 15) is 19.2 Å². The molecule has 8 nitrogen and oxygen atoms in total. The maximum Gasteiger partial charge on any atom is 0.315 e. The standard InChI is InChI=1S/C12H19N3O5/c1-4-12(2,10(18)19)6-13-11(20)14-7-5-8(16)15(3)9(7)17/h7H,4-6H2,1-3H3,(H,18,19)(H2,13,14,20). The normalized spacial score (nSPS) is 21.6. The molecule has 0 spiro atoms. The highest BCUT2D eigenvalue weighted by Crippen LogP contribution is 2.19. The molecule has 1 fully saturated rings. The van der Waals surface area contributed by atoms with Crippen molar-refractivity contribution in [1.29, 1.82) is 0 Å². The highest BCUT2D eigenvalue weighted by Gasteiger charge is 2.37. The van der Waals surface area contributed by atoms with E-state index in [0.717, 1.165) is 4.90 Å². The number of imide groups is 1. The topological polar surface area (TPSA) is 116 Å². The molecule has 2 unspecified atom stereocenters. The van der Waals surface area contributed by atoms with Crippen LogP contribution in [-0.2, 0) is 14.4 Å². The third-order valence-electron chi connectivity index (χ3n) is 3.62. The van der Waals surface area contributed by atoms with Crippen LogP contribution in [0, 0.1) is 5.41 Å². The largest absolute Gasteiger partial charge is 0.481 e. The number of carbonyl (C=O) groups excluding carboxylic acids is 3. The smallest absolute Gasteiger partial charge is 0.315 e. The van der Waals surface area contributed by atoms with Gasteiger partial charge in [0.25, 0.3) is 5.91 Å². The van der Waals surface area contributed by atoms with Gasteiger partial charge in [-0.15, -0.1) is 0 Å². The Hall–Kier alpha value is -2.12. The van der Waals surface area contributed by atoms with Gasteiger partial charge in [-0.3, -0.25) is 19.3 Å². The number of hydrogen-bond donors (Lipinski definition) is 3. The second-order valence-electron chi connectivity index (χ2n) is 5.09. The highest BCUT2D eigenvalue weighted by molar-refractivity contribution is 6.06. The molecule has 3 N–H and O–H groups in total. The summed E-state index contributed by atoms with van der Waals surface area (Å²) in [5.74, 6) is -1.84. The van der Waals surface area contributed by atoms with Crippen LogP contribution in [0.3, 0.4) is 0 Å². The van der Waals surface area contributed by atoms with Crippen LogP contribution < -0.4 is 10.6 Å². The Morgan fingerprint density at radius 2 is 2.05 bits per heavy atom. The predicted octanol–water partition coefficient (Wildman–Crippen LogP) is -0.456. The van der Waals surface area contributed by atoms with Crippen LogP contribution in [0.25, 0.3) is 0 Å². The molecule has 112 valence electrons. The minimum atomic E-state index is -1.07. The van der Waals surface area contributed by atoms with Crippen molar-refractivity contribution < 1.29 is 24.3 Å². The van der Waals surface area contributed by atoms with Crippen LogP contribution in [0.1, 0.15) is 26.7 Å². The number of likely N-dealkylation sites (tertiary alicyclic amines) is 1. The van der Waals surface area contributed by atoms with Crippen molar-refractivity contribution in [2.45, 2.75) is 32.7 Å². The number of carboxylic acids is 1. The number of carboxylic acid groups (broad SMARTS) is 1. The third kappa shape index (κ3) is 3.25. The summed E-state index contributed by atoms with van der Waals surface area (Å²) in [5.41, 5.74) is -1.07. The number of amides is 4. The molecule has 4 amide bonds. The van der Waals surface area contributed by atoms with Gasteiger partial charge < -0.3 is 15.7 Å². The molecule has 1 saturated heterocycles. The van der Waals surface area contributed by atoms with Gasteiger partial charge in [0.05, 0.1) is 11.8 Å². The van der Waals surface area contributed by atoms with E-state index in [1.165, 1.54) is 14.0 Å². The lowest BCUT2D eigenvalue weighted by Gasteiger charge is -2.23. The Balaban J connectivity index is 2.51. The lowest BCUT2D eigenvalue weighted by atomic mass is 9.88. The Morgan fingerprint density at radius 1 is 1.45 bits per heavy atom. The van der Waals surface area contributed by atoms with Gasteiger partial charge in [-0.05, 0) is 13.3 Å². The SMILES string of the molecule is CCC(C)(CNC(=O)NC1CC(=O)N(C)C1=O)C(=O)O. The summed E-state index contributed by atoms with van der Waals surface area (Å²) in [7, 11) is 1.35. The second kappa shape index (κ2) is 5.89. The maximum absolute atomic E-state index is 11.6. The van der Waals surface area contributed by atoms with Crippen molar-refractivity contribution in [2.24, 2.45) is 5.41 Å². The van der Waals surface area contributed by atoms with Crippen LogP contribution >= 0.6 is 0 Å². The molecule has 2 atom stereocenters. The van der Waals surface area contributed by atoms with Crippen LogP contribution in [-0.4, -0.2) is 53.5 Å². The van der Waals surface area contributed by atoms with Gasteiger partial charge in [0.15, 0.2) is 0 Å². The Kier molecular flexibility index (Phi) is 4.69. The summed E-state index contributed by atoms with van der Waals surface area (Å²) in [6.45, 7) is 3.17. The summed E-state index contributed by atoms with van der Waals surface area (Å²) >= 11 is 0. The number of carbonyl (C=O) groups is 4. The summed E-state index contributed by atoms with van der Waals surface area (Å²) in [6.07, 6.45) is 0.277. The molecule has 0 bridgehead atoms. The van der Waals surface area contributed by atoms with Crippen LogP contribution in [0.2, 0.25) is 0 Å². The van der Waals surface area contributed by atoms with E-state index in [0.29, 0.717) is 6.42 Å². The molecule has 0 aliphatic carbocycles. The monoisotopic (exact) mass is 285 g/mol. The average molecular weight is 285 g/mol. The molecule has 0 radical (unpaired) electrons. The van der Waals surface area contributed by atoms with E-state index in [-0.39, 0.29) is 18.9 Å². The summed E-state index contributed by atoms with van der Waals surface area (Å²) in [6, 6.07) is -1.54. The fraction of sp³-hybridized carbons (Fsp3) is 0.667. The van der Waals surface area contributed by atoms with Crippen LogP contribution in [0.5, 0.6) is 0 Å². The summed E-state index contributed by atoms with van der Waals surface area (Å²) in [4.78, 5) is 46.5. The Morgan fingerprint density at radius 3 is 2.45 bits per heavy atom. The molecule has 8 heteroatoms. The van der Waals surface area contributed by atoms with Gasteiger partial charge in [0.1, 0.15) is 6.04 Å².